The Labute approximate surface area is 194 Å². The molecule has 0 unspecified atom stereocenters. The van der Waals surface area contributed by atoms with Gasteiger partial charge in [-0.15, -0.1) is 0 Å². The van der Waals surface area contributed by atoms with Gasteiger partial charge < -0.3 is 20.7 Å². The van der Waals surface area contributed by atoms with Gasteiger partial charge in [0.1, 0.15) is 6.04 Å². The minimum atomic E-state index is -4.06. The van der Waals surface area contributed by atoms with Crippen LogP contribution in [0.2, 0.25) is 0 Å². The number of sulfonamides is 1. The van der Waals surface area contributed by atoms with E-state index in [9.17, 15) is 28.1 Å². The summed E-state index contributed by atoms with van der Waals surface area (Å²) in [6, 6.07) is 11.0. The summed E-state index contributed by atoms with van der Waals surface area (Å²) < 4.78 is 28.0. The van der Waals surface area contributed by atoms with Crippen molar-refractivity contribution in [1.82, 2.24) is 15.4 Å². The molecule has 0 saturated carbocycles. The Bertz CT molecular complexity index is 1060. The average molecular weight is 475 g/mol. The second kappa shape index (κ2) is 10.9. The van der Waals surface area contributed by atoms with E-state index in [2.05, 4.69) is 15.4 Å². The minimum absolute atomic E-state index is 0.0136. The molecular formula is C22H30BN3O6S. The second-order valence-electron chi connectivity index (χ2n) is 8.82. The quantitative estimate of drug-likeness (QED) is 0.322. The average Bonchev–Trinajstić information content (AvgIpc) is 2.70. The molecule has 5 N–H and O–H groups in total. The van der Waals surface area contributed by atoms with Crippen LogP contribution in [0.1, 0.15) is 38.3 Å². The van der Waals surface area contributed by atoms with E-state index < -0.39 is 40.5 Å². The molecule has 0 saturated heterocycles. The first-order valence-corrected chi connectivity index (χ1v) is 11.9. The van der Waals surface area contributed by atoms with E-state index in [0.717, 1.165) is 5.56 Å². The highest BCUT2D eigenvalue weighted by molar-refractivity contribution is 7.89. The van der Waals surface area contributed by atoms with Crippen molar-refractivity contribution in [2.45, 2.75) is 57.1 Å². The zero-order chi connectivity index (χ0) is 24.8. The van der Waals surface area contributed by atoms with E-state index in [4.69, 9.17) is 0 Å². The number of benzene rings is 2. The first kappa shape index (κ1) is 26.5. The second-order valence-corrected chi connectivity index (χ2v) is 10.5. The van der Waals surface area contributed by atoms with Crippen molar-refractivity contribution < 1.29 is 28.1 Å². The maximum atomic E-state index is 12.9. The fourth-order valence-electron chi connectivity index (χ4n) is 2.94. The molecule has 0 aromatic heterocycles. The predicted molar refractivity (Wildman–Crippen MR) is 126 cm³/mol. The van der Waals surface area contributed by atoms with Crippen LogP contribution in [-0.2, 0) is 26.2 Å². The summed E-state index contributed by atoms with van der Waals surface area (Å²) in [5, 5.41) is 23.7. The maximum Gasteiger partial charge on any atom is 0.488 e. The number of amides is 2. The van der Waals surface area contributed by atoms with Crippen molar-refractivity contribution in [3.8, 4) is 0 Å². The molecule has 0 aliphatic heterocycles. The molecule has 0 aliphatic rings. The standard InChI is InChI=1S/C22H30BN3O6S/c1-15-5-11-18(12-6-15)33(31,32)26-19(13-20(27)25-22(2,3)4)21(28)24-14-16-7-9-17(10-8-16)23(29)30/h5-12,19,26,29-30H,13-14H2,1-4H3,(H,24,28)(H,25,27)/t19-/m0/s1. The number of rotatable bonds is 9. The lowest BCUT2D eigenvalue weighted by atomic mass is 9.80. The molecule has 0 bridgehead atoms. The fourth-order valence-corrected chi connectivity index (χ4v) is 4.13. The Hall–Kier alpha value is -2.73. The van der Waals surface area contributed by atoms with Crippen molar-refractivity contribution in [1.29, 1.82) is 0 Å². The molecule has 33 heavy (non-hydrogen) atoms. The van der Waals surface area contributed by atoms with Gasteiger partial charge in [0.05, 0.1) is 11.3 Å². The van der Waals surface area contributed by atoms with Crippen LogP contribution in [0.25, 0.3) is 0 Å². The molecule has 0 spiro atoms. The van der Waals surface area contributed by atoms with E-state index in [-0.39, 0.29) is 17.9 Å². The molecule has 0 radical (unpaired) electrons. The van der Waals surface area contributed by atoms with Crippen LogP contribution in [0, 0.1) is 6.92 Å². The molecule has 2 aromatic rings. The SMILES string of the molecule is Cc1ccc(S(=O)(=O)N[C@@H](CC(=O)NC(C)(C)C)C(=O)NCc2ccc(B(O)O)cc2)cc1. The van der Waals surface area contributed by atoms with Gasteiger partial charge >= 0.3 is 7.12 Å². The Balaban J connectivity index is 2.17. The van der Waals surface area contributed by atoms with Gasteiger partial charge in [-0.05, 0) is 50.9 Å². The first-order chi connectivity index (χ1) is 15.3. The van der Waals surface area contributed by atoms with Crippen LogP contribution in [0.4, 0.5) is 0 Å². The Morgan fingerprint density at radius 3 is 2.09 bits per heavy atom. The third kappa shape index (κ3) is 8.62. The topological polar surface area (TPSA) is 145 Å². The zero-order valence-electron chi connectivity index (χ0n) is 19.1. The molecule has 0 heterocycles. The van der Waals surface area contributed by atoms with Crippen LogP contribution >= 0.6 is 0 Å². The van der Waals surface area contributed by atoms with Gasteiger partial charge in [0.2, 0.25) is 21.8 Å². The molecule has 0 aliphatic carbocycles. The van der Waals surface area contributed by atoms with Crippen molar-refractivity contribution >= 4 is 34.4 Å². The van der Waals surface area contributed by atoms with Gasteiger partial charge in [0.15, 0.2) is 0 Å². The molecule has 0 fully saturated rings. The number of carbonyl (C=O) groups is 2. The highest BCUT2D eigenvalue weighted by Gasteiger charge is 2.29. The highest BCUT2D eigenvalue weighted by atomic mass is 32.2. The lowest BCUT2D eigenvalue weighted by molar-refractivity contribution is -0.128. The normalized spacial score (nSPS) is 12.7. The summed E-state index contributed by atoms with van der Waals surface area (Å²) in [7, 11) is -5.66. The van der Waals surface area contributed by atoms with Crippen molar-refractivity contribution in [2.24, 2.45) is 0 Å². The Morgan fingerprint density at radius 2 is 1.58 bits per heavy atom. The van der Waals surface area contributed by atoms with Crippen LogP contribution in [-0.4, -0.2) is 49.0 Å². The highest BCUT2D eigenvalue weighted by Crippen LogP contribution is 2.12. The van der Waals surface area contributed by atoms with E-state index in [0.29, 0.717) is 11.0 Å². The molecule has 1 atom stereocenters. The third-order valence-electron chi connectivity index (χ3n) is 4.59. The van der Waals surface area contributed by atoms with Gasteiger partial charge in [0.25, 0.3) is 0 Å². The van der Waals surface area contributed by atoms with E-state index in [1.165, 1.54) is 24.3 Å². The predicted octanol–water partition coefficient (Wildman–Crippen LogP) is -0.0571. The molecule has 178 valence electrons. The van der Waals surface area contributed by atoms with Gasteiger partial charge in [-0.25, -0.2) is 8.42 Å². The Kier molecular flexibility index (Phi) is 8.79. The van der Waals surface area contributed by atoms with Crippen LogP contribution in [0.5, 0.6) is 0 Å². The minimum Gasteiger partial charge on any atom is -0.423 e. The van der Waals surface area contributed by atoms with Crippen LogP contribution < -0.4 is 20.8 Å². The van der Waals surface area contributed by atoms with Crippen molar-refractivity contribution in [3.05, 3.63) is 59.7 Å². The van der Waals surface area contributed by atoms with Gasteiger partial charge in [-0.2, -0.15) is 4.72 Å². The van der Waals surface area contributed by atoms with E-state index >= 15 is 0 Å². The number of nitrogens with one attached hydrogen (secondary N) is 3. The number of carbonyl (C=O) groups excluding carboxylic acids is 2. The molecule has 2 aromatic carbocycles. The van der Waals surface area contributed by atoms with Gasteiger partial charge in [-0.1, -0.05) is 42.0 Å². The fraction of sp³-hybridized carbons (Fsp3) is 0.364. The molecule has 11 heteroatoms. The lowest BCUT2D eigenvalue weighted by Gasteiger charge is -2.23. The summed E-state index contributed by atoms with van der Waals surface area (Å²) in [6.45, 7) is 7.23. The van der Waals surface area contributed by atoms with E-state index in [1.807, 2.05) is 6.92 Å². The number of aryl methyl sites for hydroxylation is 1. The molecule has 9 nitrogen and oxygen atoms in total. The molecule has 2 amide bonds. The van der Waals surface area contributed by atoms with Crippen molar-refractivity contribution in [2.75, 3.05) is 0 Å². The summed E-state index contributed by atoms with van der Waals surface area (Å²) in [5.74, 6) is -1.14. The summed E-state index contributed by atoms with van der Waals surface area (Å²) in [6.07, 6.45) is -0.385. The summed E-state index contributed by atoms with van der Waals surface area (Å²) in [4.78, 5) is 25.3. The first-order valence-electron chi connectivity index (χ1n) is 10.4. The lowest BCUT2D eigenvalue weighted by Crippen LogP contribution is -2.50. The smallest absolute Gasteiger partial charge is 0.423 e. The van der Waals surface area contributed by atoms with Crippen molar-refractivity contribution in [3.63, 3.8) is 0 Å². The van der Waals surface area contributed by atoms with E-state index in [1.54, 1.807) is 45.0 Å². The largest absolute Gasteiger partial charge is 0.488 e. The molecular weight excluding hydrogens is 445 g/mol. The van der Waals surface area contributed by atoms with Gasteiger partial charge in [-0.3, -0.25) is 9.59 Å². The zero-order valence-corrected chi connectivity index (χ0v) is 19.9. The van der Waals surface area contributed by atoms with Crippen LogP contribution in [0.3, 0.4) is 0 Å². The third-order valence-corrected chi connectivity index (χ3v) is 6.08. The van der Waals surface area contributed by atoms with Gasteiger partial charge in [0, 0.05) is 12.1 Å². The Morgan fingerprint density at radius 1 is 1.00 bits per heavy atom. The maximum absolute atomic E-state index is 12.9. The monoisotopic (exact) mass is 475 g/mol. The number of hydrogen-bond donors (Lipinski definition) is 5. The number of hydrogen-bond acceptors (Lipinski definition) is 6. The van der Waals surface area contributed by atoms with Crippen LogP contribution in [0.15, 0.2) is 53.4 Å². The molecule has 2 rings (SSSR count). The summed E-state index contributed by atoms with van der Waals surface area (Å²) >= 11 is 0. The summed E-state index contributed by atoms with van der Waals surface area (Å²) in [5.41, 5.74) is 1.29.